The molecule has 0 saturated carbocycles. The highest BCUT2D eigenvalue weighted by molar-refractivity contribution is 14.1. The molecule has 0 aliphatic rings. The summed E-state index contributed by atoms with van der Waals surface area (Å²) >= 11 is 2.18. The molecule has 0 bridgehead atoms. The van der Waals surface area contributed by atoms with Crippen LogP contribution in [0.25, 0.3) is 0 Å². The summed E-state index contributed by atoms with van der Waals surface area (Å²) in [6.07, 6.45) is 1.05. The summed E-state index contributed by atoms with van der Waals surface area (Å²) in [5.74, 6) is 0. The molecule has 0 unspecified atom stereocenters. The Morgan fingerprint density at radius 2 is 2.11 bits per heavy atom. The van der Waals surface area contributed by atoms with Gasteiger partial charge in [0.25, 0.3) is 0 Å². The Balaban J connectivity index is 3.17. The quantitative estimate of drug-likeness (QED) is 0.560. The first-order chi connectivity index (χ1) is 8.74. The van der Waals surface area contributed by atoms with Crippen molar-refractivity contribution in [1.82, 2.24) is 0 Å². The van der Waals surface area contributed by atoms with Gasteiger partial charge in [-0.05, 0) is 68.0 Å². The first-order valence-corrected chi connectivity index (χ1v) is 6.97. The molecule has 1 aromatic carbocycles. The van der Waals surface area contributed by atoms with Crippen molar-refractivity contribution in [2.75, 3.05) is 4.90 Å². The number of halogens is 1. The third-order valence-electron chi connectivity index (χ3n) is 2.17. The molecule has 0 fully saturated rings. The Kier molecular flexibility index (Phi) is 5.20. The summed E-state index contributed by atoms with van der Waals surface area (Å²) in [6, 6.07) is 5.88. The highest BCUT2D eigenvalue weighted by atomic mass is 127. The molecule has 0 heterocycles. The van der Waals surface area contributed by atoms with Crippen molar-refractivity contribution in [1.29, 1.82) is 0 Å². The molecule has 0 N–H and O–H groups in total. The van der Waals surface area contributed by atoms with E-state index >= 15 is 0 Å². The van der Waals surface area contributed by atoms with E-state index < -0.39 is 11.7 Å². The van der Waals surface area contributed by atoms with Gasteiger partial charge in [0.2, 0.25) is 0 Å². The average molecular weight is 371 g/mol. The first-order valence-electron chi connectivity index (χ1n) is 5.89. The molecule has 3 nitrogen and oxygen atoms in total. The molecule has 0 aliphatic carbocycles. The summed E-state index contributed by atoms with van der Waals surface area (Å²) in [7, 11) is 0. The molecule has 0 spiro atoms. The van der Waals surface area contributed by atoms with Crippen LogP contribution in [0.2, 0.25) is 0 Å². The summed E-state index contributed by atoms with van der Waals surface area (Å²) < 4.78 is 6.35. The number of ether oxygens (including phenoxy) is 1. The predicted molar refractivity (Wildman–Crippen MR) is 86.3 cm³/mol. The van der Waals surface area contributed by atoms with Crippen molar-refractivity contribution < 1.29 is 9.53 Å². The number of hydrogen-bond acceptors (Lipinski definition) is 2. The minimum atomic E-state index is -0.542. The molecular formula is C15H18INO2. The maximum Gasteiger partial charge on any atom is 0.419 e. The molecule has 0 saturated heterocycles. The van der Waals surface area contributed by atoms with Crippen LogP contribution in [0, 0.1) is 10.5 Å². The molecule has 1 rings (SSSR count). The molecular weight excluding hydrogens is 353 g/mol. The third kappa shape index (κ3) is 4.73. The third-order valence-corrected chi connectivity index (χ3v) is 3.08. The maximum absolute atomic E-state index is 12.2. The van der Waals surface area contributed by atoms with Gasteiger partial charge in [-0.2, -0.15) is 0 Å². The minimum absolute atomic E-state index is 0.438. The van der Waals surface area contributed by atoms with Crippen LogP contribution in [-0.2, 0) is 4.74 Å². The van der Waals surface area contributed by atoms with Crippen molar-refractivity contribution in [3.63, 3.8) is 0 Å². The lowest BCUT2D eigenvalue weighted by molar-refractivity contribution is 0.0596. The van der Waals surface area contributed by atoms with Gasteiger partial charge >= 0.3 is 6.09 Å². The van der Waals surface area contributed by atoms with Crippen molar-refractivity contribution in [2.45, 2.75) is 33.3 Å². The molecule has 0 radical (unpaired) electrons. The van der Waals surface area contributed by atoms with Crippen LogP contribution in [0.15, 0.2) is 36.7 Å². The summed E-state index contributed by atoms with van der Waals surface area (Å²) in [5, 5.41) is 0. The van der Waals surface area contributed by atoms with Crippen LogP contribution >= 0.6 is 22.6 Å². The van der Waals surface area contributed by atoms with Crippen molar-refractivity contribution in [3.05, 3.63) is 45.8 Å². The van der Waals surface area contributed by atoms with Gasteiger partial charge < -0.3 is 4.74 Å². The van der Waals surface area contributed by atoms with E-state index in [2.05, 4.69) is 34.9 Å². The number of rotatable bonds is 2. The molecule has 4 heteroatoms. The summed E-state index contributed by atoms with van der Waals surface area (Å²) in [6.45, 7) is 11.0. The van der Waals surface area contributed by atoms with Gasteiger partial charge in [0.05, 0.1) is 11.9 Å². The van der Waals surface area contributed by atoms with Gasteiger partial charge in [0.1, 0.15) is 5.60 Å². The van der Waals surface area contributed by atoms with E-state index in [1.807, 2.05) is 45.9 Å². The Morgan fingerprint density at radius 1 is 1.47 bits per heavy atom. The van der Waals surface area contributed by atoms with Crippen LogP contribution in [0.4, 0.5) is 10.5 Å². The van der Waals surface area contributed by atoms with Crippen LogP contribution in [0.1, 0.15) is 26.3 Å². The zero-order valence-electron chi connectivity index (χ0n) is 11.7. The monoisotopic (exact) mass is 371 g/mol. The number of anilines is 1. The number of amides is 1. The van der Waals surface area contributed by atoms with E-state index in [1.165, 1.54) is 11.1 Å². The fourth-order valence-electron chi connectivity index (χ4n) is 1.43. The van der Waals surface area contributed by atoms with Crippen LogP contribution < -0.4 is 4.90 Å². The Labute approximate surface area is 128 Å². The van der Waals surface area contributed by atoms with E-state index in [9.17, 15) is 4.79 Å². The van der Waals surface area contributed by atoms with Gasteiger partial charge in [-0.3, -0.25) is 0 Å². The zero-order chi connectivity index (χ0) is 14.6. The second-order valence-electron chi connectivity index (χ2n) is 5.14. The van der Waals surface area contributed by atoms with E-state index in [1.54, 1.807) is 0 Å². The van der Waals surface area contributed by atoms with Gasteiger partial charge in [0.15, 0.2) is 0 Å². The van der Waals surface area contributed by atoms with E-state index in [-0.39, 0.29) is 0 Å². The number of nitrogens with zero attached hydrogens (tertiary/aromatic N) is 1. The number of carbonyl (C=O) groups excluding carboxylic acids is 1. The van der Waals surface area contributed by atoms with Gasteiger partial charge in [-0.1, -0.05) is 12.6 Å². The fraction of sp³-hybridized carbons (Fsp3) is 0.333. The van der Waals surface area contributed by atoms with E-state index in [0.717, 1.165) is 14.8 Å². The molecule has 0 aromatic heterocycles. The SMILES string of the molecule is C=C=CN(C(=O)OC(C)(C)C)c1cc(C)ccc1I. The molecule has 1 aromatic rings. The zero-order valence-corrected chi connectivity index (χ0v) is 13.8. The predicted octanol–water partition coefficient (Wildman–Crippen LogP) is 4.64. The highest BCUT2D eigenvalue weighted by Gasteiger charge is 2.23. The Hall–Kier alpha value is -1.26. The Morgan fingerprint density at radius 3 is 2.63 bits per heavy atom. The van der Waals surface area contributed by atoms with Gasteiger partial charge in [-0.15, -0.1) is 5.73 Å². The number of hydrogen-bond donors (Lipinski definition) is 0. The lowest BCUT2D eigenvalue weighted by atomic mass is 10.2. The highest BCUT2D eigenvalue weighted by Crippen LogP contribution is 2.26. The second-order valence-corrected chi connectivity index (χ2v) is 6.30. The largest absolute Gasteiger partial charge is 0.443 e. The minimum Gasteiger partial charge on any atom is -0.443 e. The number of aryl methyl sites for hydroxylation is 1. The van der Waals surface area contributed by atoms with Gasteiger partial charge in [0, 0.05) is 3.57 Å². The first kappa shape index (κ1) is 15.8. The standard InChI is InChI=1S/C15H18INO2/c1-6-9-17(14(18)19-15(3,4)5)13-10-11(2)7-8-12(13)16/h7-10H,1H2,2-5H3. The molecule has 0 atom stereocenters. The smallest absolute Gasteiger partial charge is 0.419 e. The summed E-state index contributed by atoms with van der Waals surface area (Å²) in [4.78, 5) is 13.6. The molecule has 102 valence electrons. The van der Waals surface area contributed by atoms with Crippen molar-refractivity contribution in [3.8, 4) is 0 Å². The lowest BCUT2D eigenvalue weighted by Crippen LogP contribution is -2.33. The molecule has 1 amide bonds. The lowest BCUT2D eigenvalue weighted by Gasteiger charge is -2.25. The molecule has 0 aliphatic heterocycles. The van der Waals surface area contributed by atoms with Crippen LogP contribution in [0.5, 0.6) is 0 Å². The maximum atomic E-state index is 12.2. The molecule has 19 heavy (non-hydrogen) atoms. The second kappa shape index (κ2) is 6.26. The average Bonchev–Trinajstić information content (AvgIpc) is 2.27. The fourth-order valence-corrected chi connectivity index (χ4v) is 2.03. The topological polar surface area (TPSA) is 29.5 Å². The van der Waals surface area contributed by atoms with E-state index in [4.69, 9.17) is 4.74 Å². The normalized spacial score (nSPS) is 10.6. The summed E-state index contributed by atoms with van der Waals surface area (Å²) in [5.41, 5.74) is 3.92. The number of carbonyl (C=O) groups is 1. The Bertz CT molecular complexity index is 525. The van der Waals surface area contributed by atoms with Crippen LogP contribution in [0.3, 0.4) is 0 Å². The van der Waals surface area contributed by atoms with Crippen LogP contribution in [-0.4, -0.2) is 11.7 Å². The van der Waals surface area contributed by atoms with Crippen molar-refractivity contribution >= 4 is 34.4 Å². The van der Waals surface area contributed by atoms with Gasteiger partial charge in [-0.25, -0.2) is 9.69 Å². The van der Waals surface area contributed by atoms with Crippen molar-refractivity contribution in [2.24, 2.45) is 0 Å². The van der Waals surface area contributed by atoms with E-state index in [0.29, 0.717) is 0 Å². The number of benzene rings is 1.